The Kier molecular flexibility index (Phi) is 2.75. The van der Waals surface area contributed by atoms with Crippen LogP contribution in [0, 0.1) is 5.82 Å². The molecule has 0 aliphatic carbocycles. The first-order chi connectivity index (χ1) is 5.59. The first-order valence-corrected chi connectivity index (χ1v) is 3.23. The Hall–Kier alpha value is -0.970. The van der Waals surface area contributed by atoms with E-state index < -0.39 is 18.3 Å². The molecule has 0 radical (unpaired) electrons. The van der Waals surface area contributed by atoms with Gasteiger partial charge in [-0.25, -0.2) is 9.37 Å². The highest BCUT2D eigenvalue weighted by Crippen LogP contribution is 2.19. The molecule has 0 aliphatic heterocycles. The molecule has 0 spiro atoms. The van der Waals surface area contributed by atoms with Gasteiger partial charge in [0.05, 0.1) is 11.2 Å². The van der Waals surface area contributed by atoms with Crippen LogP contribution in [0.5, 0.6) is 5.88 Å². The zero-order valence-electron chi connectivity index (χ0n) is 5.60. The van der Waals surface area contributed by atoms with Crippen LogP contribution in [0.15, 0.2) is 12.3 Å². The number of alkyl halides is 2. The standard InChI is InChI=1S/C6H3ClF3NO/c7-3-1-5(12-6(9)10)11-2-4(3)8/h1-2,6H. The third-order valence-electron chi connectivity index (χ3n) is 0.993. The summed E-state index contributed by atoms with van der Waals surface area (Å²) in [4.78, 5) is 3.22. The van der Waals surface area contributed by atoms with Crippen molar-refractivity contribution in [3.05, 3.63) is 23.1 Å². The van der Waals surface area contributed by atoms with Crippen LogP contribution < -0.4 is 4.74 Å². The summed E-state index contributed by atoms with van der Waals surface area (Å²) in [5.41, 5.74) is 0. The molecule has 66 valence electrons. The first-order valence-electron chi connectivity index (χ1n) is 2.85. The van der Waals surface area contributed by atoms with Gasteiger partial charge in [0.15, 0.2) is 5.82 Å². The van der Waals surface area contributed by atoms with E-state index in [1.165, 1.54) is 0 Å². The Morgan fingerprint density at radius 2 is 2.17 bits per heavy atom. The van der Waals surface area contributed by atoms with Gasteiger partial charge in [0.25, 0.3) is 0 Å². The van der Waals surface area contributed by atoms with E-state index in [2.05, 4.69) is 9.72 Å². The van der Waals surface area contributed by atoms with Crippen molar-refractivity contribution in [1.82, 2.24) is 4.98 Å². The number of hydrogen-bond donors (Lipinski definition) is 0. The lowest BCUT2D eigenvalue weighted by Gasteiger charge is -2.02. The minimum Gasteiger partial charge on any atom is -0.417 e. The van der Waals surface area contributed by atoms with E-state index in [1.54, 1.807) is 0 Å². The van der Waals surface area contributed by atoms with Crippen molar-refractivity contribution in [3.8, 4) is 5.88 Å². The molecule has 1 aromatic heterocycles. The van der Waals surface area contributed by atoms with Crippen LogP contribution in [-0.4, -0.2) is 11.6 Å². The van der Waals surface area contributed by atoms with Crippen LogP contribution in [0.4, 0.5) is 13.2 Å². The van der Waals surface area contributed by atoms with Crippen LogP contribution in [-0.2, 0) is 0 Å². The van der Waals surface area contributed by atoms with E-state index in [-0.39, 0.29) is 5.02 Å². The second-order valence-electron chi connectivity index (χ2n) is 1.82. The van der Waals surface area contributed by atoms with E-state index in [0.29, 0.717) is 6.20 Å². The molecule has 0 aromatic carbocycles. The molecular formula is C6H3ClF3NO. The molecule has 0 unspecified atom stereocenters. The second kappa shape index (κ2) is 3.62. The summed E-state index contributed by atoms with van der Waals surface area (Å²) < 4.78 is 39.4. The van der Waals surface area contributed by atoms with Crippen molar-refractivity contribution < 1.29 is 17.9 Å². The maximum absolute atomic E-state index is 12.4. The number of halogens is 4. The summed E-state index contributed by atoms with van der Waals surface area (Å²) in [5, 5.41) is -0.305. The minimum absolute atomic E-state index is 0.305. The fraction of sp³-hybridized carbons (Fsp3) is 0.167. The Balaban J connectivity index is 2.82. The Morgan fingerprint density at radius 1 is 1.50 bits per heavy atom. The molecule has 0 N–H and O–H groups in total. The van der Waals surface area contributed by atoms with E-state index in [0.717, 1.165) is 6.07 Å². The SMILES string of the molecule is Fc1cnc(OC(F)F)cc1Cl. The fourth-order valence-electron chi connectivity index (χ4n) is 0.552. The van der Waals surface area contributed by atoms with Crippen molar-refractivity contribution in [3.63, 3.8) is 0 Å². The molecule has 0 aliphatic rings. The van der Waals surface area contributed by atoms with Gasteiger partial charge in [-0.15, -0.1) is 0 Å². The highest BCUT2D eigenvalue weighted by Gasteiger charge is 2.07. The molecule has 1 aromatic rings. The number of nitrogens with zero attached hydrogens (tertiary/aromatic N) is 1. The van der Waals surface area contributed by atoms with E-state index in [9.17, 15) is 13.2 Å². The van der Waals surface area contributed by atoms with Gasteiger partial charge in [-0.3, -0.25) is 0 Å². The minimum atomic E-state index is -2.99. The first kappa shape index (κ1) is 9.12. The van der Waals surface area contributed by atoms with Gasteiger partial charge >= 0.3 is 6.61 Å². The number of aromatic nitrogens is 1. The number of hydrogen-bond acceptors (Lipinski definition) is 2. The van der Waals surface area contributed by atoms with Crippen molar-refractivity contribution in [1.29, 1.82) is 0 Å². The van der Waals surface area contributed by atoms with E-state index in [4.69, 9.17) is 11.6 Å². The highest BCUT2D eigenvalue weighted by atomic mass is 35.5. The Morgan fingerprint density at radius 3 is 2.67 bits per heavy atom. The van der Waals surface area contributed by atoms with Crippen molar-refractivity contribution in [2.45, 2.75) is 6.61 Å². The molecule has 0 amide bonds. The Bertz CT molecular complexity index is 281. The third-order valence-corrected chi connectivity index (χ3v) is 1.28. The lowest BCUT2D eigenvalue weighted by Crippen LogP contribution is -2.03. The summed E-state index contributed by atoms with van der Waals surface area (Å²) in [7, 11) is 0. The van der Waals surface area contributed by atoms with Gasteiger partial charge in [-0.05, 0) is 0 Å². The summed E-state index contributed by atoms with van der Waals surface area (Å²) in [5.74, 6) is -1.19. The van der Waals surface area contributed by atoms with Gasteiger partial charge in [-0.1, -0.05) is 11.6 Å². The normalized spacial score (nSPS) is 10.4. The fourth-order valence-corrected chi connectivity index (χ4v) is 0.694. The molecular weight excluding hydrogens is 195 g/mol. The monoisotopic (exact) mass is 197 g/mol. The topological polar surface area (TPSA) is 22.1 Å². The molecule has 2 nitrogen and oxygen atoms in total. The molecule has 12 heavy (non-hydrogen) atoms. The van der Waals surface area contributed by atoms with Gasteiger partial charge in [0.2, 0.25) is 5.88 Å². The average molecular weight is 198 g/mol. The molecule has 0 bridgehead atoms. The molecule has 0 atom stereocenters. The maximum atomic E-state index is 12.4. The molecule has 1 heterocycles. The predicted molar refractivity (Wildman–Crippen MR) is 35.8 cm³/mol. The summed E-state index contributed by atoms with van der Waals surface area (Å²) in [6.45, 7) is -2.99. The zero-order valence-corrected chi connectivity index (χ0v) is 6.36. The zero-order chi connectivity index (χ0) is 9.14. The molecule has 0 saturated heterocycles. The maximum Gasteiger partial charge on any atom is 0.388 e. The lowest BCUT2D eigenvalue weighted by molar-refractivity contribution is -0.0529. The molecule has 6 heteroatoms. The quantitative estimate of drug-likeness (QED) is 0.727. The van der Waals surface area contributed by atoms with E-state index in [1.807, 2.05) is 0 Å². The lowest BCUT2D eigenvalue weighted by atomic mass is 10.5. The van der Waals surface area contributed by atoms with E-state index >= 15 is 0 Å². The van der Waals surface area contributed by atoms with Crippen molar-refractivity contribution >= 4 is 11.6 Å². The average Bonchev–Trinajstić information content (AvgIpc) is 1.96. The van der Waals surface area contributed by atoms with Gasteiger partial charge in [0.1, 0.15) is 0 Å². The smallest absolute Gasteiger partial charge is 0.388 e. The summed E-state index contributed by atoms with van der Waals surface area (Å²) >= 11 is 5.26. The number of rotatable bonds is 2. The Labute approximate surface area is 70.9 Å². The highest BCUT2D eigenvalue weighted by molar-refractivity contribution is 6.30. The molecule has 0 fully saturated rings. The van der Waals surface area contributed by atoms with Crippen LogP contribution in [0.25, 0.3) is 0 Å². The molecule has 1 rings (SSSR count). The number of pyridine rings is 1. The predicted octanol–water partition coefficient (Wildman–Crippen LogP) is 2.48. The van der Waals surface area contributed by atoms with Crippen molar-refractivity contribution in [2.24, 2.45) is 0 Å². The third kappa shape index (κ3) is 2.27. The van der Waals surface area contributed by atoms with Crippen LogP contribution in [0.3, 0.4) is 0 Å². The largest absolute Gasteiger partial charge is 0.417 e. The summed E-state index contributed by atoms with van der Waals surface area (Å²) in [6.07, 6.45) is 0.708. The van der Waals surface area contributed by atoms with Crippen LogP contribution in [0.1, 0.15) is 0 Å². The van der Waals surface area contributed by atoms with Crippen LogP contribution in [0.2, 0.25) is 5.02 Å². The number of ether oxygens (including phenoxy) is 1. The molecule has 0 saturated carbocycles. The van der Waals surface area contributed by atoms with Gasteiger partial charge in [0, 0.05) is 6.07 Å². The summed E-state index contributed by atoms with van der Waals surface area (Å²) in [6, 6.07) is 0.878. The second-order valence-corrected chi connectivity index (χ2v) is 2.22. The van der Waals surface area contributed by atoms with Gasteiger partial charge in [-0.2, -0.15) is 8.78 Å². The van der Waals surface area contributed by atoms with Crippen LogP contribution >= 0.6 is 11.6 Å². The van der Waals surface area contributed by atoms with Gasteiger partial charge < -0.3 is 4.74 Å². The van der Waals surface area contributed by atoms with Crippen molar-refractivity contribution in [2.75, 3.05) is 0 Å².